The van der Waals surface area contributed by atoms with E-state index in [1.54, 1.807) is 48.5 Å². The number of aliphatic imine (C=N–C) groups is 1. The highest BCUT2D eigenvalue weighted by molar-refractivity contribution is 6.16. The molecule has 4 N–H and O–H groups in total. The number of halogens is 5. The summed E-state index contributed by atoms with van der Waals surface area (Å²) in [5.41, 5.74) is 8.01. The van der Waals surface area contributed by atoms with E-state index in [0.29, 0.717) is 28.0 Å². The standard InChI is InChI=1S/C30H32F5N3O4/c31-29(32)12-9-17(10-13-29)24(26(36)41)21(11-14-30(33,34)35)28(42)38-27-23(40)15-22-19(16-39)7-4-8-20(22)25(37-27)18-5-2-1-3-6-18/h1-8,17,21,24,27,39H,9-16H2,(H2,36,41)(H,38,42)/t21-,24+,27-/m1/s1. The average Bonchev–Trinajstić information content (AvgIpc) is 3.07. The van der Waals surface area contributed by atoms with Gasteiger partial charge in [0.15, 0.2) is 11.9 Å². The summed E-state index contributed by atoms with van der Waals surface area (Å²) < 4.78 is 67.5. The second-order valence-corrected chi connectivity index (χ2v) is 10.9. The van der Waals surface area contributed by atoms with Crippen LogP contribution in [0.2, 0.25) is 0 Å². The predicted molar refractivity (Wildman–Crippen MR) is 143 cm³/mol. The summed E-state index contributed by atoms with van der Waals surface area (Å²) in [7, 11) is 0. The van der Waals surface area contributed by atoms with Gasteiger partial charge in [0, 0.05) is 36.8 Å². The fraction of sp³-hybridized carbons (Fsp3) is 0.467. The Balaban J connectivity index is 1.70. The zero-order valence-electron chi connectivity index (χ0n) is 22.7. The second-order valence-electron chi connectivity index (χ2n) is 10.9. The number of aliphatic hydroxyl groups is 1. The minimum atomic E-state index is -4.67. The molecule has 1 saturated carbocycles. The molecule has 0 unspecified atom stereocenters. The number of rotatable bonds is 9. The van der Waals surface area contributed by atoms with Crippen LogP contribution in [0.25, 0.3) is 0 Å². The molecule has 1 heterocycles. The van der Waals surface area contributed by atoms with Crippen LogP contribution in [-0.2, 0) is 27.4 Å². The van der Waals surface area contributed by atoms with Crippen molar-refractivity contribution in [1.29, 1.82) is 0 Å². The van der Waals surface area contributed by atoms with Gasteiger partial charge in [-0.1, -0.05) is 48.5 Å². The summed E-state index contributed by atoms with van der Waals surface area (Å²) in [6.45, 7) is -0.365. The molecule has 0 bridgehead atoms. The van der Waals surface area contributed by atoms with Crippen molar-refractivity contribution in [3.05, 3.63) is 70.8 Å². The molecule has 2 aliphatic rings. The lowest BCUT2D eigenvalue weighted by Gasteiger charge is -2.36. The number of nitrogens with zero attached hydrogens (tertiary/aromatic N) is 1. The number of hydrogen-bond acceptors (Lipinski definition) is 5. The molecule has 2 aromatic rings. The van der Waals surface area contributed by atoms with Crippen molar-refractivity contribution in [2.24, 2.45) is 28.5 Å². The molecule has 3 atom stereocenters. The second kappa shape index (κ2) is 12.7. The highest BCUT2D eigenvalue weighted by Gasteiger charge is 2.45. The van der Waals surface area contributed by atoms with Crippen LogP contribution < -0.4 is 11.1 Å². The Morgan fingerprint density at radius 3 is 2.33 bits per heavy atom. The van der Waals surface area contributed by atoms with Gasteiger partial charge < -0.3 is 16.2 Å². The normalized spacial score (nSPS) is 20.6. The van der Waals surface area contributed by atoms with Gasteiger partial charge in [-0.05, 0) is 36.3 Å². The van der Waals surface area contributed by atoms with Gasteiger partial charge in [-0.25, -0.2) is 8.78 Å². The predicted octanol–water partition coefficient (Wildman–Crippen LogP) is 4.47. The SMILES string of the molecule is NC(=O)[C@@H](C1CCC(F)(F)CC1)[C@@H](CCC(F)(F)F)C(=O)N[C@H]1N=C(c2ccccc2)c2cccc(CO)c2CC1=O. The highest BCUT2D eigenvalue weighted by atomic mass is 19.4. The fourth-order valence-corrected chi connectivity index (χ4v) is 5.91. The number of hydrogen-bond donors (Lipinski definition) is 3. The molecule has 7 nitrogen and oxygen atoms in total. The van der Waals surface area contributed by atoms with Gasteiger partial charge in [0.05, 0.1) is 24.2 Å². The highest BCUT2D eigenvalue weighted by Crippen LogP contribution is 2.42. The van der Waals surface area contributed by atoms with Gasteiger partial charge in [-0.2, -0.15) is 13.2 Å². The van der Waals surface area contributed by atoms with Crippen molar-refractivity contribution in [1.82, 2.24) is 5.32 Å². The molecule has 0 aromatic heterocycles. The number of carbonyl (C=O) groups is 3. The third kappa shape index (κ3) is 7.39. The Hall–Kier alpha value is -3.67. The molecule has 42 heavy (non-hydrogen) atoms. The number of nitrogens with two attached hydrogens (primary N) is 1. The van der Waals surface area contributed by atoms with E-state index >= 15 is 0 Å². The summed E-state index contributed by atoms with van der Waals surface area (Å²) in [6.07, 6.45) is -10.2. The third-order valence-electron chi connectivity index (χ3n) is 8.05. The van der Waals surface area contributed by atoms with Crippen LogP contribution in [0.4, 0.5) is 22.0 Å². The molecule has 2 aromatic carbocycles. The van der Waals surface area contributed by atoms with Gasteiger partial charge in [-0.3, -0.25) is 19.4 Å². The Kier molecular flexibility index (Phi) is 9.44. The number of Topliss-reactive ketones (excluding diaryl/α,β-unsaturated/α-hetero) is 1. The van der Waals surface area contributed by atoms with Gasteiger partial charge >= 0.3 is 6.18 Å². The zero-order valence-corrected chi connectivity index (χ0v) is 22.7. The molecule has 12 heteroatoms. The Morgan fingerprint density at radius 1 is 1.07 bits per heavy atom. The van der Waals surface area contributed by atoms with Crippen molar-refractivity contribution < 1.29 is 41.4 Å². The van der Waals surface area contributed by atoms with E-state index in [1.165, 1.54) is 0 Å². The van der Waals surface area contributed by atoms with E-state index in [2.05, 4.69) is 10.3 Å². The number of ketones is 1. The molecule has 4 rings (SSSR count). The van der Waals surface area contributed by atoms with Gasteiger partial charge in [-0.15, -0.1) is 0 Å². The van der Waals surface area contributed by atoms with Crippen LogP contribution in [0.1, 0.15) is 60.8 Å². The minimum absolute atomic E-state index is 0.186. The lowest BCUT2D eigenvalue weighted by molar-refractivity contribution is -0.149. The average molecular weight is 594 g/mol. The first-order valence-electron chi connectivity index (χ1n) is 13.7. The maximum absolute atomic E-state index is 13.8. The molecule has 0 saturated heterocycles. The van der Waals surface area contributed by atoms with Crippen LogP contribution in [0.5, 0.6) is 0 Å². The van der Waals surface area contributed by atoms with Crippen LogP contribution in [0, 0.1) is 17.8 Å². The molecular formula is C30H32F5N3O4. The van der Waals surface area contributed by atoms with E-state index in [9.17, 15) is 41.4 Å². The summed E-state index contributed by atoms with van der Waals surface area (Å²) >= 11 is 0. The number of amides is 2. The topological polar surface area (TPSA) is 122 Å². The maximum atomic E-state index is 13.8. The molecule has 1 aliphatic heterocycles. The molecule has 0 radical (unpaired) electrons. The smallest absolute Gasteiger partial charge is 0.389 e. The quantitative estimate of drug-likeness (QED) is 0.372. The first-order chi connectivity index (χ1) is 19.8. The first-order valence-corrected chi connectivity index (χ1v) is 13.7. The molecule has 226 valence electrons. The van der Waals surface area contributed by atoms with E-state index in [1.807, 2.05) is 0 Å². The van der Waals surface area contributed by atoms with Crippen LogP contribution in [-0.4, -0.2) is 46.7 Å². The number of primary amides is 1. The summed E-state index contributed by atoms with van der Waals surface area (Å²) in [5, 5.41) is 12.3. The van der Waals surface area contributed by atoms with E-state index in [-0.39, 0.29) is 25.9 Å². The Morgan fingerprint density at radius 2 is 1.74 bits per heavy atom. The third-order valence-corrected chi connectivity index (χ3v) is 8.05. The number of aliphatic hydroxyl groups excluding tert-OH is 1. The number of carbonyl (C=O) groups excluding carboxylic acids is 3. The molecule has 1 fully saturated rings. The van der Waals surface area contributed by atoms with Gasteiger partial charge in [0.2, 0.25) is 17.7 Å². The Bertz CT molecular complexity index is 1340. The summed E-state index contributed by atoms with van der Waals surface area (Å²) in [5.74, 6) is -9.55. The van der Waals surface area contributed by atoms with Crippen LogP contribution in [0.3, 0.4) is 0 Å². The lowest BCUT2D eigenvalue weighted by Crippen LogP contribution is -2.49. The van der Waals surface area contributed by atoms with E-state index < -0.39 is 79.3 Å². The number of nitrogens with one attached hydrogen (secondary N) is 1. The number of alkyl halides is 5. The summed E-state index contributed by atoms with van der Waals surface area (Å²) in [6, 6.07) is 13.8. The van der Waals surface area contributed by atoms with Crippen LogP contribution in [0.15, 0.2) is 53.5 Å². The molecule has 0 spiro atoms. The van der Waals surface area contributed by atoms with E-state index in [4.69, 9.17) is 5.73 Å². The number of benzene rings is 2. The summed E-state index contributed by atoms with van der Waals surface area (Å²) in [4.78, 5) is 44.1. The van der Waals surface area contributed by atoms with Gasteiger partial charge in [0.25, 0.3) is 0 Å². The Labute approximate surface area is 239 Å². The monoisotopic (exact) mass is 593 g/mol. The molecule has 2 amide bonds. The van der Waals surface area contributed by atoms with Crippen molar-refractivity contribution >= 4 is 23.3 Å². The van der Waals surface area contributed by atoms with Crippen molar-refractivity contribution in [2.45, 2.75) is 69.8 Å². The largest absolute Gasteiger partial charge is 0.392 e. The van der Waals surface area contributed by atoms with Gasteiger partial charge in [0.1, 0.15) is 0 Å². The van der Waals surface area contributed by atoms with Crippen molar-refractivity contribution in [3.63, 3.8) is 0 Å². The van der Waals surface area contributed by atoms with Crippen LogP contribution >= 0.6 is 0 Å². The molecular weight excluding hydrogens is 561 g/mol. The molecule has 1 aliphatic carbocycles. The number of fused-ring (bicyclic) bond motifs is 1. The van der Waals surface area contributed by atoms with Crippen molar-refractivity contribution in [3.8, 4) is 0 Å². The van der Waals surface area contributed by atoms with E-state index in [0.717, 1.165) is 0 Å². The van der Waals surface area contributed by atoms with Crippen molar-refractivity contribution in [2.75, 3.05) is 0 Å². The fourth-order valence-electron chi connectivity index (χ4n) is 5.91. The zero-order chi connectivity index (χ0) is 30.7. The lowest BCUT2D eigenvalue weighted by atomic mass is 9.71. The minimum Gasteiger partial charge on any atom is -0.392 e. The first kappa shape index (κ1) is 31.3. The maximum Gasteiger partial charge on any atom is 0.389 e.